The number of benzene rings is 1. The van der Waals surface area contributed by atoms with Gasteiger partial charge in [0.2, 0.25) is 0 Å². The summed E-state index contributed by atoms with van der Waals surface area (Å²) in [6.07, 6.45) is 0.843. The number of aromatic nitrogens is 4. The molecule has 0 bridgehead atoms. The highest BCUT2D eigenvalue weighted by molar-refractivity contribution is 6.43. The van der Waals surface area contributed by atoms with Crippen LogP contribution in [0.4, 0.5) is 14.5 Å². The number of Topliss-reactive ketones (excluding diaryl/α,β-unsaturated/α-hetero) is 1. The monoisotopic (exact) mass is 494 g/mol. The highest BCUT2D eigenvalue weighted by Crippen LogP contribution is 2.56. The smallest absolute Gasteiger partial charge is 0.294 e. The third-order valence-electron chi connectivity index (χ3n) is 7.57. The van der Waals surface area contributed by atoms with Gasteiger partial charge in [-0.3, -0.25) is 14.4 Å². The highest BCUT2D eigenvalue weighted by Gasteiger charge is 2.60. The largest absolute Gasteiger partial charge is 0.340 e. The van der Waals surface area contributed by atoms with Crippen LogP contribution in [0.3, 0.4) is 0 Å². The van der Waals surface area contributed by atoms with Crippen molar-refractivity contribution in [1.82, 2.24) is 25.3 Å². The molecule has 36 heavy (non-hydrogen) atoms. The number of nitrogens with zero attached hydrogens (tertiary/aromatic N) is 3. The van der Waals surface area contributed by atoms with E-state index in [2.05, 4.69) is 26.0 Å². The van der Waals surface area contributed by atoms with Crippen LogP contribution < -0.4 is 10.6 Å². The first-order valence-corrected chi connectivity index (χ1v) is 11.8. The Hall–Kier alpha value is -3.89. The summed E-state index contributed by atoms with van der Waals surface area (Å²) < 4.78 is 29.4. The zero-order valence-corrected chi connectivity index (χ0v) is 19.7. The minimum Gasteiger partial charge on any atom is -0.340 e. The third kappa shape index (κ3) is 3.44. The van der Waals surface area contributed by atoms with Gasteiger partial charge in [-0.1, -0.05) is 17.7 Å². The van der Waals surface area contributed by atoms with E-state index in [1.165, 1.54) is 6.20 Å². The Morgan fingerprint density at radius 1 is 1.14 bits per heavy atom. The molecule has 186 valence electrons. The Morgan fingerprint density at radius 3 is 2.50 bits per heavy atom. The van der Waals surface area contributed by atoms with Crippen LogP contribution in [0.15, 0.2) is 30.5 Å². The number of hydrogen-bond acceptors (Lipinski definition) is 5. The van der Waals surface area contributed by atoms with Gasteiger partial charge in [-0.15, -0.1) is 0 Å². The summed E-state index contributed by atoms with van der Waals surface area (Å²) in [6.45, 7) is 4.14. The molecule has 2 aliphatic carbocycles. The SMILES string of the molecule is Cc1ccc(NC(=O)c2c(C)c(C(=O)C(=O)NC3(c4cn[nH]n4)CC(F)(F)C3)n3c2[C@H]2C[C@H]2C3)cc1. The number of amides is 2. The van der Waals surface area contributed by atoms with E-state index in [9.17, 15) is 23.2 Å². The average molecular weight is 495 g/mol. The van der Waals surface area contributed by atoms with Crippen LogP contribution in [0.2, 0.25) is 0 Å². The lowest BCUT2D eigenvalue weighted by molar-refractivity contribution is -0.148. The number of rotatable bonds is 6. The number of aryl methyl sites for hydroxylation is 1. The highest BCUT2D eigenvalue weighted by atomic mass is 19.3. The van der Waals surface area contributed by atoms with Crippen LogP contribution in [0.5, 0.6) is 0 Å². The van der Waals surface area contributed by atoms with Crippen molar-refractivity contribution in [1.29, 1.82) is 0 Å². The lowest BCUT2D eigenvalue weighted by Gasteiger charge is -2.46. The number of H-pyrrole nitrogens is 1. The van der Waals surface area contributed by atoms with Crippen LogP contribution >= 0.6 is 0 Å². The van der Waals surface area contributed by atoms with E-state index in [1.54, 1.807) is 23.6 Å². The molecule has 11 heteroatoms. The zero-order valence-electron chi connectivity index (χ0n) is 19.7. The molecule has 9 nitrogen and oxygen atoms in total. The van der Waals surface area contributed by atoms with E-state index in [0.29, 0.717) is 29.3 Å². The standard InChI is InChI=1S/C25H24F2N6O3/c1-12-3-5-15(6-4-12)29-22(35)18-13(2)19(33-9-14-7-16(14)20(18)33)21(34)23(36)30-24(10-25(26,27)11-24)17-8-28-32-31-17/h3-6,8,14,16H,7,9-11H2,1-2H3,(H,29,35)(H,30,36)(H,28,31,32)/t14-,16-/m0/s1. The minimum absolute atomic E-state index is 0.130. The van der Waals surface area contributed by atoms with Gasteiger partial charge in [0, 0.05) is 36.7 Å². The number of anilines is 1. The van der Waals surface area contributed by atoms with Crippen molar-refractivity contribution in [3.8, 4) is 0 Å². The van der Waals surface area contributed by atoms with Crippen LogP contribution in [0.25, 0.3) is 0 Å². The molecule has 2 fully saturated rings. The number of carbonyl (C=O) groups is 3. The molecule has 3 aliphatic rings. The quantitative estimate of drug-likeness (QED) is 0.359. The molecular weight excluding hydrogens is 470 g/mol. The Bertz CT molecular complexity index is 1400. The van der Waals surface area contributed by atoms with Crippen molar-refractivity contribution in [3.63, 3.8) is 0 Å². The number of fused-ring (bicyclic) bond motifs is 3. The number of hydrogen-bond donors (Lipinski definition) is 3. The number of ketones is 1. The molecule has 1 aliphatic heterocycles. The first-order chi connectivity index (χ1) is 17.1. The maximum Gasteiger partial charge on any atom is 0.294 e. The van der Waals surface area contributed by atoms with Gasteiger partial charge in [0.05, 0.1) is 23.0 Å². The number of carbonyl (C=O) groups excluding carboxylic acids is 3. The van der Waals surface area contributed by atoms with Crippen molar-refractivity contribution in [2.45, 2.75) is 57.0 Å². The fraction of sp³-hybridized carbons (Fsp3) is 0.400. The van der Waals surface area contributed by atoms with Gasteiger partial charge < -0.3 is 15.2 Å². The van der Waals surface area contributed by atoms with Crippen LogP contribution in [-0.4, -0.2) is 43.5 Å². The second-order valence-corrected chi connectivity index (χ2v) is 10.2. The van der Waals surface area contributed by atoms with Gasteiger partial charge in [-0.2, -0.15) is 15.4 Å². The number of alkyl halides is 2. The van der Waals surface area contributed by atoms with Crippen LogP contribution in [0, 0.1) is 19.8 Å². The summed E-state index contributed by atoms with van der Waals surface area (Å²) >= 11 is 0. The molecule has 0 saturated heterocycles. The van der Waals surface area contributed by atoms with Gasteiger partial charge in [0.25, 0.3) is 23.5 Å². The number of aromatic amines is 1. The van der Waals surface area contributed by atoms with Crippen molar-refractivity contribution in [3.05, 3.63) is 64.2 Å². The van der Waals surface area contributed by atoms with Crippen molar-refractivity contribution >= 4 is 23.3 Å². The van der Waals surface area contributed by atoms with Gasteiger partial charge in [0.1, 0.15) is 5.69 Å². The van der Waals surface area contributed by atoms with Crippen molar-refractivity contribution < 1.29 is 23.2 Å². The Morgan fingerprint density at radius 2 is 1.86 bits per heavy atom. The Labute approximate surface area is 204 Å². The van der Waals surface area contributed by atoms with Gasteiger partial charge in [-0.25, -0.2) is 8.78 Å². The molecule has 6 rings (SSSR count). The van der Waals surface area contributed by atoms with Gasteiger partial charge >= 0.3 is 0 Å². The van der Waals surface area contributed by atoms with Gasteiger partial charge in [-0.05, 0) is 43.9 Å². The molecule has 2 amide bonds. The predicted molar refractivity (Wildman–Crippen MR) is 124 cm³/mol. The summed E-state index contributed by atoms with van der Waals surface area (Å²) in [5.41, 5.74) is 2.05. The van der Waals surface area contributed by atoms with E-state index in [4.69, 9.17) is 0 Å². The molecule has 0 radical (unpaired) electrons. The van der Waals surface area contributed by atoms with Crippen molar-refractivity contribution in [2.24, 2.45) is 5.92 Å². The maximum absolute atomic E-state index is 13.8. The van der Waals surface area contributed by atoms with Gasteiger partial charge in [0.15, 0.2) is 0 Å². The average Bonchev–Trinajstić information content (AvgIpc) is 3.14. The number of nitrogens with one attached hydrogen (secondary N) is 3. The first kappa shape index (κ1) is 22.6. The topological polar surface area (TPSA) is 122 Å². The molecule has 2 atom stereocenters. The summed E-state index contributed by atoms with van der Waals surface area (Å²) in [6, 6.07) is 7.38. The molecule has 3 N–H and O–H groups in total. The van der Waals surface area contributed by atoms with E-state index < -0.39 is 36.0 Å². The Kier molecular flexibility index (Phi) is 4.73. The first-order valence-electron chi connectivity index (χ1n) is 11.8. The van der Waals surface area contributed by atoms with Crippen molar-refractivity contribution in [2.75, 3.05) is 5.32 Å². The normalized spacial score (nSPS) is 22.2. The summed E-state index contributed by atoms with van der Waals surface area (Å²) in [4.78, 5) is 39.9. The summed E-state index contributed by atoms with van der Waals surface area (Å²) in [5.74, 6) is -4.70. The second-order valence-electron chi connectivity index (χ2n) is 10.2. The molecule has 2 aromatic heterocycles. The second kappa shape index (κ2) is 7.55. The molecule has 0 unspecified atom stereocenters. The van der Waals surface area contributed by atoms with E-state index in [-0.39, 0.29) is 23.2 Å². The lowest BCUT2D eigenvalue weighted by Crippen LogP contribution is -2.61. The molecule has 3 heterocycles. The van der Waals surface area contributed by atoms with Crippen LogP contribution in [-0.2, 0) is 16.9 Å². The van der Waals surface area contributed by atoms with E-state index in [0.717, 1.165) is 17.7 Å². The predicted octanol–water partition coefficient (Wildman–Crippen LogP) is 3.22. The Balaban J connectivity index is 1.31. The fourth-order valence-corrected chi connectivity index (χ4v) is 5.75. The third-order valence-corrected chi connectivity index (χ3v) is 7.57. The minimum atomic E-state index is -2.98. The molecule has 0 spiro atoms. The fourth-order valence-electron chi connectivity index (χ4n) is 5.75. The number of halogens is 2. The molecule has 3 aromatic rings. The summed E-state index contributed by atoms with van der Waals surface area (Å²) in [7, 11) is 0. The maximum atomic E-state index is 13.8. The van der Waals surface area contributed by atoms with E-state index in [1.807, 2.05) is 19.1 Å². The van der Waals surface area contributed by atoms with Crippen LogP contribution in [0.1, 0.15) is 68.5 Å². The molecule has 1 aromatic carbocycles. The molecule has 2 saturated carbocycles. The lowest BCUT2D eigenvalue weighted by atomic mass is 9.71. The van der Waals surface area contributed by atoms with E-state index >= 15 is 0 Å². The molecular formula is C25H24F2N6O3. The summed E-state index contributed by atoms with van der Waals surface area (Å²) in [5, 5.41) is 15.3. The zero-order chi connectivity index (χ0) is 25.4.